The van der Waals surface area contributed by atoms with Gasteiger partial charge in [0.2, 0.25) is 0 Å². The number of benzene rings is 8. The first kappa shape index (κ1) is 29.8. The van der Waals surface area contributed by atoms with Gasteiger partial charge in [-0.05, 0) is 73.5 Å². The van der Waals surface area contributed by atoms with E-state index in [9.17, 15) is 0 Å². The minimum absolute atomic E-state index is 0.0482. The largest absolute Gasteiger partial charge is 0.455 e. The summed E-state index contributed by atoms with van der Waals surface area (Å²) < 4.78 is 6.70. The molecule has 0 N–H and O–H groups in total. The number of nitrogens with zero attached hydrogens (tertiary/aromatic N) is 3. The summed E-state index contributed by atoms with van der Waals surface area (Å²) in [5, 5.41) is 11.7. The molecule has 0 amide bonds. The number of hydrogen-bond donors (Lipinski definition) is 0. The maximum Gasteiger partial charge on any atom is 0.164 e. The van der Waals surface area contributed by atoms with Crippen LogP contribution in [0.4, 0.5) is 0 Å². The molecule has 8 aromatic carbocycles. The van der Waals surface area contributed by atoms with E-state index in [-0.39, 0.29) is 5.92 Å². The van der Waals surface area contributed by atoms with Crippen molar-refractivity contribution in [3.8, 4) is 33.9 Å². The summed E-state index contributed by atoms with van der Waals surface area (Å²) in [5.74, 6) is 2.11. The Bertz CT molecular complexity index is 3160. The van der Waals surface area contributed by atoms with Gasteiger partial charge in [-0.1, -0.05) is 152 Å². The van der Waals surface area contributed by atoms with E-state index >= 15 is 0 Å². The third-order valence-corrected chi connectivity index (χ3v) is 10.8. The molecule has 0 saturated heterocycles. The van der Waals surface area contributed by atoms with Gasteiger partial charge in [-0.2, -0.15) is 0 Å². The van der Waals surface area contributed by atoms with E-state index in [4.69, 9.17) is 19.4 Å². The fraction of sp³-hybridized carbons (Fsp3) is 0.0408. The first-order valence-electron chi connectivity index (χ1n) is 18.1. The van der Waals surface area contributed by atoms with Crippen molar-refractivity contribution >= 4 is 65.0 Å². The lowest BCUT2D eigenvalue weighted by Gasteiger charge is -2.15. The quantitative estimate of drug-likeness (QED) is 0.174. The number of fused-ring (bicyclic) bond motifs is 10. The molecule has 0 saturated carbocycles. The Balaban J connectivity index is 1.13. The van der Waals surface area contributed by atoms with Crippen LogP contribution in [0.5, 0.6) is 0 Å². The maximum absolute atomic E-state index is 6.70. The summed E-state index contributed by atoms with van der Waals surface area (Å²) >= 11 is 0. The first-order valence-corrected chi connectivity index (χ1v) is 18.1. The molecule has 11 rings (SSSR count). The van der Waals surface area contributed by atoms with Crippen LogP contribution in [-0.2, 0) is 0 Å². The highest BCUT2D eigenvalue weighted by molar-refractivity contribution is 6.22. The molecule has 1 aliphatic rings. The van der Waals surface area contributed by atoms with Crippen LogP contribution in [0.15, 0.2) is 174 Å². The van der Waals surface area contributed by atoms with Crippen molar-refractivity contribution in [3.63, 3.8) is 0 Å². The van der Waals surface area contributed by atoms with E-state index in [2.05, 4.69) is 158 Å². The molecule has 0 bridgehead atoms. The Morgan fingerprint density at radius 1 is 0.472 bits per heavy atom. The lowest BCUT2D eigenvalue weighted by Crippen LogP contribution is -2.08. The fourth-order valence-electron chi connectivity index (χ4n) is 8.24. The Labute approximate surface area is 305 Å². The van der Waals surface area contributed by atoms with Gasteiger partial charge in [-0.15, -0.1) is 0 Å². The summed E-state index contributed by atoms with van der Waals surface area (Å²) in [6.45, 7) is 0. The van der Waals surface area contributed by atoms with Crippen molar-refractivity contribution in [2.75, 3.05) is 0 Å². The fourth-order valence-corrected chi connectivity index (χ4v) is 8.24. The van der Waals surface area contributed by atoms with Gasteiger partial charge in [-0.25, -0.2) is 15.0 Å². The lowest BCUT2D eigenvalue weighted by molar-refractivity contribution is 0.672. The van der Waals surface area contributed by atoms with E-state index in [0.29, 0.717) is 11.6 Å². The maximum atomic E-state index is 6.70. The summed E-state index contributed by atoms with van der Waals surface area (Å²) in [4.78, 5) is 15.6. The van der Waals surface area contributed by atoms with Crippen LogP contribution in [0.25, 0.3) is 98.9 Å². The predicted octanol–water partition coefficient (Wildman–Crippen LogP) is 13.0. The summed E-state index contributed by atoms with van der Waals surface area (Å²) in [6.07, 6.45) is 9.37. The van der Waals surface area contributed by atoms with E-state index in [1.54, 1.807) is 0 Å². The summed E-state index contributed by atoms with van der Waals surface area (Å²) in [6, 6.07) is 51.6. The topological polar surface area (TPSA) is 51.8 Å². The van der Waals surface area contributed by atoms with Crippen molar-refractivity contribution in [1.82, 2.24) is 15.0 Å². The molecule has 1 atom stereocenters. The second kappa shape index (κ2) is 11.8. The highest BCUT2D eigenvalue weighted by Gasteiger charge is 2.22. The highest BCUT2D eigenvalue weighted by atomic mass is 16.3. The van der Waals surface area contributed by atoms with E-state index in [1.807, 2.05) is 12.1 Å². The zero-order valence-electron chi connectivity index (χ0n) is 28.7. The van der Waals surface area contributed by atoms with Crippen LogP contribution in [0, 0.1) is 0 Å². The van der Waals surface area contributed by atoms with Crippen LogP contribution >= 0.6 is 0 Å². The zero-order valence-corrected chi connectivity index (χ0v) is 28.7. The molecule has 0 radical (unpaired) electrons. The molecule has 2 aromatic heterocycles. The van der Waals surface area contributed by atoms with E-state index < -0.39 is 0 Å². The van der Waals surface area contributed by atoms with Crippen LogP contribution in [0.1, 0.15) is 18.2 Å². The average Bonchev–Trinajstić information content (AvgIpc) is 3.62. The lowest BCUT2D eigenvalue weighted by atomic mass is 9.94. The minimum atomic E-state index is 0.0482. The Morgan fingerprint density at radius 2 is 1.21 bits per heavy atom. The smallest absolute Gasteiger partial charge is 0.164 e. The van der Waals surface area contributed by atoms with Crippen molar-refractivity contribution < 1.29 is 4.42 Å². The van der Waals surface area contributed by atoms with Gasteiger partial charge in [0.05, 0.1) is 0 Å². The second-order valence-corrected chi connectivity index (χ2v) is 13.9. The number of hydrogen-bond acceptors (Lipinski definition) is 4. The Morgan fingerprint density at radius 3 is 2.06 bits per heavy atom. The second-order valence-electron chi connectivity index (χ2n) is 13.9. The van der Waals surface area contributed by atoms with Gasteiger partial charge in [0.15, 0.2) is 11.6 Å². The van der Waals surface area contributed by atoms with Gasteiger partial charge >= 0.3 is 0 Å². The number of allylic oxidation sites excluding steroid dienone is 4. The van der Waals surface area contributed by atoms with Gasteiger partial charge in [-0.3, -0.25) is 0 Å². The minimum Gasteiger partial charge on any atom is -0.455 e. The number of aromatic nitrogens is 3. The zero-order chi connectivity index (χ0) is 34.9. The third-order valence-electron chi connectivity index (χ3n) is 10.8. The van der Waals surface area contributed by atoms with Crippen molar-refractivity contribution in [1.29, 1.82) is 0 Å². The first-order chi connectivity index (χ1) is 26.3. The molecule has 10 aromatic rings. The standard InChI is InChI=1S/C49H31N3O/c1-3-12-30(13-4-1)42-29-43-45-41(20-11-21-44(45)53-46(43)40-19-10-9-18-37(40)42)49-51-47(32-15-5-2-6-16-32)50-48(52-49)34-24-25-36-33(28-34)23-27-38-35-17-8-7-14-31(35)22-26-39(36)38/h1-15,17-29,32H,16H2. The molecule has 248 valence electrons. The number of furan rings is 1. The molecule has 0 fully saturated rings. The van der Waals surface area contributed by atoms with Crippen molar-refractivity contribution in [2.45, 2.75) is 12.3 Å². The van der Waals surface area contributed by atoms with E-state index in [0.717, 1.165) is 67.0 Å². The molecule has 2 heterocycles. The van der Waals surface area contributed by atoms with Gasteiger partial charge < -0.3 is 4.42 Å². The van der Waals surface area contributed by atoms with Crippen molar-refractivity contribution in [2.24, 2.45) is 0 Å². The van der Waals surface area contributed by atoms with Crippen molar-refractivity contribution in [3.05, 3.63) is 176 Å². The SMILES string of the molecule is C1=CCC(c2nc(-c3ccc4c(ccc5c6ccccc6ccc45)c3)nc(-c3cccc4oc5c6ccccc6c(-c6ccccc6)cc5c34)n2)C=C1. The van der Waals surface area contributed by atoms with Crippen LogP contribution in [0.3, 0.4) is 0 Å². The normalized spacial score (nSPS) is 14.4. The van der Waals surface area contributed by atoms with Crippen LogP contribution in [-0.4, -0.2) is 15.0 Å². The van der Waals surface area contributed by atoms with E-state index in [1.165, 1.54) is 32.5 Å². The molecule has 4 nitrogen and oxygen atoms in total. The van der Waals surface area contributed by atoms with Crippen LogP contribution < -0.4 is 0 Å². The Hall–Kier alpha value is -6.91. The third kappa shape index (κ3) is 4.80. The monoisotopic (exact) mass is 677 g/mol. The molecule has 0 spiro atoms. The molecule has 1 aliphatic carbocycles. The molecule has 4 heteroatoms. The molecule has 53 heavy (non-hydrogen) atoms. The van der Waals surface area contributed by atoms with Gasteiger partial charge in [0.25, 0.3) is 0 Å². The van der Waals surface area contributed by atoms with Gasteiger partial charge in [0.1, 0.15) is 17.0 Å². The predicted molar refractivity (Wildman–Crippen MR) is 219 cm³/mol. The number of rotatable bonds is 4. The Kier molecular flexibility index (Phi) is 6.65. The summed E-state index contributed by atoms with van der Waals surface area (Å²) in [7, 11) is 0. The average molecular weight is 678 g/mol. The molecular formula is C49H31N3O. The van der Waals surface area contributed by atoms with Gasteiger partial charge in [0, 0.05) is 33.2 Å². The molecule has 0 aliphatic heterocycles. The molecule has 1 unspecified atom stereocenters. The van der Waals surface area contributed by atoms with Crippen LogP contribution in [0.2, 0.25) is 0 Å². The molecular weight excluding hydrogens is 647 g/mol. The summed E-state index contributed by atoms with van der Waals surface area (Å²) in [5.41, 5.74) is 5.89. The highest BCUT2D eigenvalue weighted by Crippen LogP contribution is 2.43.